The molecule has 0 radical (unpaired) electrons. The molecule has 1 aromatic carbocycles. The second kappa shape index (κ2) is 6.45. The van der Waals surface area contributed by atoms with Gasteiger partial charge in [0.1, 0.15) is 5.92 Å². The fraction of sp³-hybridized carbons (Fsp3) is 0.600. The second-order valence-electron chi connectivity index (χ2n) is 7.57. The summed E-state index contributed by atoms with van der Waals surface area (Å²) in [5, 5.41) is 10.1. The minimum absolute atomic E-state index is 0.0227. The molecule has 0 bridgehead atoms. The summed E-state index contributed by atoms with van der Waals surface area (Å²) >= 11 is 0. The van der Waals surface area contributed by atoms with Gasteiger partial charge in [-0.15, -0.1) is 0 Å². The summed E-state index contributed by atoms with van der Waals surface area (Å²) in [5.41, 5.74) is 0.621. The van der Waals surface area contributed by atoms with E-state index >= 15 is 0 Å². The molecule has 1 N–H and O–H groups in total. The Morgan fingerprint density at radius 2 is 1.96 bits per heavy atom. The van der Waals surface area contributed by atoms with E-state index in [0.29, 0.717) is 17.7 Å². The van der Waals surface area contributed by atoms with Crippen molar-refractivity contribution >= 4 is 11.9 Å². The number of carbonyl (C=O) groups excluding carboxylic acids is 1. The van der Waals surface area contributed by atoms with Crippen LogP contribution >= 0.6 is 0 Å². The van der Waals surface area contributed by atoms with E-state index in [4.69, 9.17) is 4.74 Å². The molecule has 1 saturated carbocycles. The van der Waals surface area contributed by atoms with Crippen molar-refractivity contribution in [1.29, 1.82) is 0 Å². The number of carboxylic acid groups (broad SMARTS) is 1. The molecule has 3 aliphatic rings. The van der Waals surface area contributed by atoms with Crippen molar-refractivity contribution in [2.45, 2.75) is 62.5 Å². The molecule has 1 aromatic rings. The van der Waals surface area contributed by atoms with Gasteiger partial charge in [0.15, 0.2) is 0 Å². The Morgan fingerprint density at radius 3 is 2.64 bits per heavy atom. The lowest BCUT2D eigenvalue weighted by molar-refractivity contribution is -0.144. The van der Waals surface area contributed by atoms with Crippen molar-refractivity contribution in [2.24, 2.45) is 0 Å². The fourth-order valence-corrected chi connectivity index (χ4v) is 5.08. The molecule has 2 fully saturated rings. The molecule has 2 aliphatic heterocycles. The molecule has 5 heteroatoms. The summed E-state index contributed by atoms with van der Waals surface area (Å²) in [5.74, 6) is -1.49. The molecule has 1 amide bonds. The Morgan fingerprint density at radius 1 is 1.20 bits per heavy atom. The molecular weight excluding hydrogens is 318 g/mol. The standard InChI is InChI=1S/C20H25NO4/c22-18-16-9-3-2-8-15(16)17(19(23)24)20(10-4-1-5-11-20)21(18)13-14-7-6-12-25-14/h2-3,8-9,14,17H,1,4-7,10-13H2,(H,23,24)/t14-,17+/m1/s1. The molecule has 4 rings (SSSR count). The normalized spacial score (nSPS) is 28.2. The first kappa shape index (κ1) is 16.6. The first-order valence-corrected chi connectivity index (χ1v) is 9.39. The Bertz CT molecular complexity index is 674. The van der Waals surface area contributed by atoms with Gasteiger partial charge in [0.25, 0.3) is 5.91 Å². The van der Waals surface area contributed by atoms with Crippen LogP contribution in [-0.4, -0.2) is 46.7 Å². The SMILES string of the molecule is O=C(O)[C@@H]1c2ccccc2C(=O)N(C[C@H]2CCCO2)C12CCCCC2. The minimum Gasteiger partial charge on any atom is -0.481 e. The number of aliphatic carboxylic acids is 1. The third kappa shape index (κ3) is 2.65. The van der Waals surface area contributed by atoms with Crippen molar-refractivity contribution in [2.75, 3.05) is 13.2 Å². The Balaban J connectivity index is 1.82. The fourth-order valence-electron chi connectivity index (χ4n) is 5.08. The maximum atomic E-state index is 13.3. The molecular formula is C20H25NO4. The van der Waals surface area contributed by atoms with Gasteiger partial charge in [-0.1, -0.05) is 37.5 Å². The van der Waals surface area contributed by atoms with Crippen molar-refractivity contribution in [3.05, 3.63) is 35.4 Å². The van der Waals surface area contributed by atoms with Crippen LogP contribution in [0.1, 0.15) is 66.8 Å². The van der Waals surface area contributed by atoms with Gasteiger partial charge in [-0.2, -0.15) is 0 Å². The first-order chi connectivity index (χ1) is 12.1. The second-order valence-corrected chi connectivity index (χ2v) is 7.57. The minimum atomic E-state index is -0.820. The van der Waals surface area contributed by atoms with Crippen LogP contribution in [0.5, 0.6) is 0 Å². The van der Waals surface area contributed by atoms with Gasteiger partial charge in [0, 0.05) is 18.7 Å². The van der Waals surface area contributed by atoms with Crippen LogP contribution in [0, 0.1) is 0 Å². The zero-order valence-corrected chi connectivity index (χ0v) is 14.4. The number of amides is 1. The molecule has 25 heavy (non-hydrogen) atoms. The molecule has 1 saturated heterocycles. The van der Waals surface area contributed by atoms with E-state index in [0.717, 1.165) is 51.6 Å². The van der Waals surface area contributed by atoms with Crippen LogP contribution in [-0.2, 0) is 9.53 Å². The number of carboxylic acids is 1. The zero-order chi connectivity index (χ0) is 17.4. The Hall–Kier alpha value is -1.88. The van der Waals surface area contributed by atoms with E-state index in [2.05, 4.69) is 0 Å². The number of fused-ring (bicyclic) bond motifs is 1. The van der Waals surface area contributed by atoms with Crippen LogP contribution in [0.3, 0.4) is 0 Å². The number of carbonyl (C=O) groups is 2. The summed E-state index contributed by atoms with van der Waals surface area (Å²) < 4.78 is 5.78. The first-order valence-electron chi connectivity index (χ1n) is 9.39. The smallest absolute Gasteiger partial charge is 0.313 e. The van der Waals surface area contributed by atoms with Crippen molar-refractivity contribution < 1.29 is 19.4 Å². The summed E-state index contributed by atoms with van der Waals surface area (Å²) in [6.45, 7) is 1.25. The predicted molar refractivity (Wildman–Crippen MR) is 92.6 cm³/mol. The topological polar surface area (TPSA) is 66.8 Å². The summed E-state index contributed by atoms with van der Waals surface area (Å²) in [7, 11) is 0. The summed E-state index contributed by atoms with van der Waals surface area (Å²) in [4.78, 5) is 27.5. The van der Waals surface area contributed by atoms with Gasteiger partial charge in [-0.3, -0.25) is 9.59 Å². The summed E-state index contributed by atoms with van der Waals surface area (Å²) in [6.07, 6.45) is 6.56. The molecule has 1 aliphatic carbocycles. The lowest BCUT2D eigenvalue weighted by Crippen LogP contribution is -2.62. The quantitative estimate of drug-likeness (QED) is 0.915. The third-order valence-corrected chi connectivity index (χ3v) is 6.20. The van der Waals surface area contributed by atoms with Crippen LogP contribution in [0.2, 0.25) is 0 Å². The third-order valence-electron chi connectivity index (χ3n) is 6.20. The Kier molecular flexibility index (Phi) is 4.28. The Labute approximate surface area is 148 Å². The van der Waals surface area contributed by atoms with Gasteiger partial charge < -0.3 is 14.7 Å². The number of nitrogens with zero attached hydrogens (tertiary/aromatic N) is 1. The van der Waals surface area contributed by atoms with Crippen molar-refractivity contribution in [3.63, 3.8) is 0 Å². The molecule has 0 unspecified atom stereocenters. The van der Waals surface area contributed by atoms with Gasteiger partial charge in [0.2, 0.25) is 0 Å². The van der Waals surface area contributed by atoms with E-state index in [9.17, 15) is 14.7 Å². The van der Waals surface area contributed by atoms with Crippen molar-refractivity contribution in [3.8, 4) is 0 Å². The maximum Gasteiger partial charge on any atom is 0.313 e. The number of rotatable bonds is 3. The van der Waals surface area contributed by atoms with E-state index in [1.807, 2.05) is 23.1 Å². The number of hydrogen-bond donors (Lipinski definition) is 1. The average Bonchev–Trinajstić information content (AvgIpc) is 3.13. The van der Waals surface area contributed by atoms with Crippen LogP contribution in [0.4, 0.5) is 0 Å². The van der Waals surface area contributed by atoms with E-state index in [-0.39, 0.29) is 12.0 Å². The van der Waals surface area contributed by atoms with Gasteiger partial charge in [-0.25, -0.2) is 0 Å². The van der Waals surface area contributed by atoms with Gasteiger partial charge >= 0.3 is 5.97 Å². The molecule has 0 aromatic heterocycles. The molecule has 1 spiro atoms. The highest BCUT2D eigenvalue weighted by Crippen LogP contribution is 2.49. The van der Waals surface area contributed by atoms with Gasteiger partial charge in [-0.05, 0) is 37.3 Å². The monoisotopic (exact) mass is 343 g/mol. The molecule has 2 heterocycles. The van der Waals surface area contributed by atoms with Crippen LogP contribution in [0.25, 0.3) is 0 Å². The lowest BCUT2D eigenvalue weighted by atomic mass is 9.65. The molecule has 134 valence electrons. The van der Waals surface area contributed by atoms with Crippen LogP contribution < -0.4 is 0 Å². The highest BCUT2D eigenvalue weighted by molar-refractivity contribution is 6.01. The van der Waals surface area contributed by atoms with E-state index in [1.54, 1.807) is 6.07 Å². The van der Waals surface area contributed by atoms with Gasteiger partial charge in [0.05, 0.1) is 11.6 Å². The maximum absolute atomic E-state index is 13.3. The average molecular weight is 343 g/mol. The highest BCUT2D eigenvalue weighted by Gasteiger charge is 2.55. The number of benzene rings is 1. The summed E-state index contributed by atoms with van der Waals surface area (Å²) in [6, 6.07) is 7.25. The highest BCUT2D eigenvalue weighted by atomic mass is 16.5. The van der Waals surface area contributed by atoms with E-state index in [1.165, 1.54) is 0 Å². The van der Waals surface area contributed by atoms with E-state index < -0.39 is 17.4 Å². The van der Waals surface area contributed by atoms with Crippen LogP contribution in [0.15, 0.2) is 24.3 Å². The lowest BCUT2D eigenvalue weighted by Gasteiger charge is -2.53. The number of ether oxygens (including phenoxy) is 1. The number of hydrogen-bond acceptors (Lipinski definition) is 3. The largest absolute Gasteiger partial charge is 0.481 e. The zero-order valence-electron chi connectivity index (χ0n) is 14.4. The molecule has 2 atom stereocenters. The molecule has 5 nitrogen and oxygen atoms in total. The van der Waals surface area contributed by atoms with Crippen molar-refractivity contribution in [1.82, 2.24) is 4.90 Å². The predicted octanol–water partition coefficient (Wildman–Crippen LogP) is 3.19.